The Balaban J connectivity index is 1.54. The summed E-state index contributed by atoms with van der Waals surface area (Å²) in [7, 11) is 0. The van der Waals surface area contributed by atoms with Gasteiger partial charge in [0.1, 0.15) is 11.9 Å². The highest BCUT2D eigenvalue weighted by atomic mass is 32.2. The largest absolute Gasteiger partial charge is 0.573 e. The first-order valence-electron chi connectivity index (χ1n) is 6.62. The van der Waals surface area contributed by atoms with Crippen LogP contribution in [0.5, 0.6) is 11.8 Å². The molecule has 1 aliphatic heterocycles. The maximum atomic E-state index is 12.1. The van der Waals surface area contributed by atoms with Crippen LogP contribution in [0.15, 0.2) is 46.2 Å². The van der Waals surface area contributed by atoms with Crippen molar-refractivity contribution >= 4 is 11.8 Å². The van der Waals surface area contributed by atoms with Gasteiger partial charge in [-0.15, -0.1) is 24.9 Å². The zero-order valence-electron chi connectivity index (χ0n) is 11.6. The van der Waals surface area contributed by atoms with Crippen LogP contribution < -0.4 is 15.0 Å². The van der Waals surface area contributed by atoms with Crippen LogP contribution in [0.2, 0.25) is 0 Å². The summed E-state index contributed by atoms with van der Waals surface area (Å²) >= 11 is 1.44. The molecule has 0 N–H and O–H groups in total. The van der Waals surface area contributed by atoms with Crippen LogP contribution in [0.3, 0.4) is 0 Å². The Morgan fingerprint density at radius 1 is 1.30 bits per heavy atom. The monoisotopic (exact) mass is 344 g/mol. The number of ether oxygens (including phenoxy) is 2. The Bertz CT molecular complexity index is 746. The summed E-state index contributed by atoms with van der Waals surface area (Å²) in [6.45, 7) is 0.574. The van der Waals surface area contributed by atoms with Gasteiger partial charge in [-0.05, 0) is 24.3 Å². The predicted octanol–water partition coefficient (Wildman–Crippen LogP) is 2.70. The molecule has 0 amide bonds. The predicted molar refractivity (Wildman–Crippen MR) is 76.8 cm³/mol. The molecular weight excluding hydrogens is 333 g/mol. The molecule has 0 aliphatic carbocycles. The van der Waals surface area contributed by atoms with Crippen LogP contribution in [0.4, 0.5) is 13.2 Å². The van der Waals surface area contributed by atoms with E-state index in [4.69, 9.17) is 4.74 Å². The van der Waals surface area contributed by atoms with Crippen molar-refractivity contribution in [3.05, 3.63) is 46.9 Å². The minimum Gasteiger partial charge on any atom is -0.458 e. The fraction of sp³-hybridized carbons (Fsp3) is 0.286. The van der Waals surface area contributed by atoms with Crippen LogP contribution in [0.25, 0.3) is 0 Å². The Hall–Kier alpha value is -2.16. The number of aromatic nitrogens is 2. The van der Waals surface area contributed by atoms with Crippen molar-refractivity contribution in [3.8, 4) is 11.8 Å². The Morgan fingerprint density at radius 2 is 2.04 bits per heavy atom. The van der Waals surface area contributed by atoms with Gasteiger partial charge in [0, 0.05) is 22.9 Å². The van der Waals surface area contributed by atoms with Gasteiger partial charge in [0.15, 0.2) is 0 Å². The van der Waals surface area contributed by atoms with Crippen molar-refractivity contribution in [2.75, 3.05) is 5.75 Å². The number of halogens is 3. The van der Waals surface area contributed by atoms with E-state index in [1.54, 1.807) is 22.9 Å². The zero-order valence-corrected chi connectivity index (χ0v) is 12.4. The van der Waals surface area contributed by atoms with Gasteiger partial charge in [-0.1, -0.05) is 0 Å². The summed E-state index contributed by atoms with van der Waals surface area (Å²) in [6.07, 6.45) is -3.22. The molecule has 122 valence electrons. The molecule has 0 radical (unpaired) electrons. The summed E-state index contributed by atoms with van der Waals surface area (Å²) in [4.78, 5) is 15.7. The van der Waals surface area contributed by atoms with Crippen molar-refractivity contribution < 1.29 is 22.6 Å². The van der Waals surface area contributed by atoms with E-state index < -0.39 is 6.36 Å². The van der Waals surface area contributed by atoms with Crippen LogP contribution in [-0.4, -0.2) is 27.8 Å². The van der Waals surface area contributed by atoms with E-state index in [-0.39, 0.29) is 23.4 Å². The van der Waals surface area contributed by atoms with E-state index in [9.17, 15) is 18.0 Å². The fourth-order valence-corrected chi connectivity index (χ4v) is 2.95. The summed E-state index contributed by atoms with van der Waals surface area (Å²) in [5.41, 5.74) is -0.357. The van der Waals surface area contributed by atoms with Crippen molar-refractivity contribution in [3.63, 3.8) is 0 Å². The quantitative estimate of drug-likeness (QED) is 0.799. The summed E-state index contributed by atoms with van der Waals surface area (Å²) < 4.78 is 47.3. The summed E-state index contributed by atoms with van der Waals surface area (Å²) in [5, 5.41) is 0. The standard InChI is InChI=1S/C14H11F3N2O3S/c15-14(16,17)22-9-1-3-11(4-2-9)23-8-10-7-19-6-5-12(20)18-13(19)21-10/h1-6,10H,7-8H2. The van der Waals surface area contributed by atoms with Gasteiger partial charge >= 0.3 is 6.36 Å². The number of hydrogen-bond donors (Lipinski definition) is 0. The molecule has 1 unspecified atom stereocenters. The summed E-state index contributed by atoms with van der Waals surface area (Å²) in [5.74, 6) is 0.325. The average molecular weight is 344 g/mol. The highest BCUT2D eigenvalue weighted by Crippen LogP contribution is 2.28. The second-order valence-corrected chi connectivity index (χ2v) is 5.86. The van der Waals surface area contributed by atoms with Gasteiger partial charge in [0.05, 0.1) is 6.54 Å². The maximum Gasteiger partial charge on any atom is 0.573 e. The van der Waals surface area contributed by atoms with E-state index in [1.807, 2.05) is 0 Å². The minimum absolute atomic E-state index is 0.152. The number of rotatable bonds is 4. The first kappa shape index (κ1) is 15.7. The minimum atomic E-state index is -4.69. The molecule has 5 nitrogen and oxygen atoms in total. The lowest BCUT2D eigenvalue weighted by molar-refractivity contribution is -0.274. The van der Waals surface area contributed by atoms with E-state index in [1.165, 1.54) is 30.0 Å². The number of benzene rings is 1. The molecular formula is C14H11F3N2O3S. The molecule has 1 aromatic heterocycles. The van der Waals surface area contributed by atoms with Crippen LogP contribution in [0, 0.1) is 0 Å². The van der Waals surface area contributed by atoms with Crippen molar-refractivity contribution in [2.24, 2.45) is 0 Å². The first-order valence-corrected chi connectivity index (χ1v) is 7.60. The van der Waals surface area contributed by atoms with Gasteiger partial charge in [0.25, 0.3) is 11.6 Å². The Morgan fingerprint density at radius 3 is 2.74 bits per heavy atom. The van der Waals surface area contributed by atoms with Crippen molar-refractivity contribution in [2.45, 2.75) is 23.9 Å². The molecule has 23 heavy (non-hydrogen) atoms. The van der Waals surface area contributed by atoms with Gasteiger partial charge in [-0.25, -0.2) is 0 Å². The lowest BCUT2D eigenvalue weighted by Gasteiger charge is -2.10. The molecule has 0 saturated heterocycles. The number of hydrogen-bond acceptors (Lipinski definition) is 5. The van der Waals surface area contributed by atoms with E-state index in [0.29, 0.717) is 12.3 Å². The number of alkyl halides is 3. The third-order valence-corrected chi connectivity index (χ3v) is 4.16. The van der Waals surface area contributed by atoms with E-state index in [0.717, 1.165) is 4.90 Å². The van der Waals surface area contributed by atoms with Gasteiger partial charge < -0.3 is 9.47 Å². The number of thioether (sulfide) groups is 1. The van der Waals surface area contributed by atoms with Crippen LogP contribution in [-0.2, 0) is 6.54 Å². The molecule has 0 spiro atoms. The zero-order chi connectivity index (χ0) is 16.4. The molecule has 1 atom stereocenters. The topological polar surface area (TPSA) is 53.4 Å². The van der Waals surface area contributed by atoms with Gasteiger partial charge in [-0.2, -0.15) is 4.98 Å². The number of fused-ring (bicyclic) bond motifs is 1. The molecule has 9 heteroatoms. The molecule has 1 aliphatic rings. The van der Waals surface area contributed by atoms with Crippen LogP contribution >= 0.6 is 11.8 Å². The first-order chi connectivity index (χ1) is 10.9. The Labute approximate surface area is 133 Å². The number of nitrogens with zero attached hydrogens (tertiary/aromatic N) is 2. The average Bonchev–Trinajstić information content (AvgIpc) is 2.87. The third-order valence-electron chi connectivity index (χ3n) is 3.01. The SMILES string of the molecule is O=c1ccn2c(n1)OC(CSc1ccc(OC(F)(F)F)cc1)C2. The van der Waals surface area contributed by atoms with Gasteiger partial charge in [0.2, 0.25) is 0 Å². The second kappa shape index (κ2) is 6.15. The van der Waals surface area contributed by atoms with E-state index >= 15 is 0 Å². The van der Waals surface area contributed by atoms with Crippen LogP contribution in [0.1, 0.15) is 0 Å². The second-order valence-electron chi connectivity index (χ2n) is 4.77. The fourth-order valence-electron chi connectivity index (χ4n) is 2.07. The molecule has 3 rings (SSSR count). The molecule has 2 heterocycles. The van der Waals surface area contributed by atoms with Gasteiger partial charge in [-0.3, -0.25) is 9.36 Å². The lowest BCUT2D eigenvalue weighted by Crippen LogP contribution is -2.17. The smallest absolute Gasteiger partial charge is 0.458 e. The highest BCUT2D eigenvalue weighted by molar-refractivity contribution is 7.99. The molecule has 0 saturated carbocycles. The third kappa shape index (κ3) is 4.19. The highest BCUT2D eigenvalue weighted by Gasteiger charge is 2.31. The van der Waals surface area contributed by atoms with E-state index in [2.05, 4.69) is 9.72 Å². The molecule has 0 bridgehead atoms. The van der Waals surface area contributed by atoms with Crippen molar-refractivity contribution in [1.29, 1.82) is 0 Å². The lowest BCUT2D eigenvalue weighted by atomic mass is 10.3. The molecule has 2 aromatic rings. The molecule has 0 fully saturated rings. The normalized spacial score (nSPS) is 16.7. The molecule has 1 aromatic carbocycles. The summed E-state index contributed by atoms with van der Waals surface area (Å²) in [6, 6.07) is 7.28. The van der Waals surface area contributed by atoms with Crippen molar-refractivity contribution in [1.82, 2.24) is 9.55 Å². The maximum absolute atomic E-state index is 12.1. The Kier molecular flexibility index (Phi) is 4.20.